The van der Waals surface area contributed by atoms with Crippen LogP contribution in [0.1, 0.15) is 32.8 Å². The summed E-state index contributed by atoms with van der Waals surface area (Å²) in [6, 6.07) is 3.74. The Balaban J connectivity index is 2.79. The Labute approximate surface area is 95.7 Å². The molecule has 0 spiro atoms. The third-order valence-corrected chi connectivity index (χ3v) is 2.48. The number of hydrogen-bond donors (Lipinski definition) is 1. The van der Waals surface area contributed by atoms with Crippen LogP contribution >= 0.6 is 0 Å². The first-order valence-electron chi connectivity index (χ1n) is 5.49. The van der Waals surface area contributed by atoms with Crippen molar-refractivity contribution in [1.29, 1.82) is 0 Å². The number of benzene rings is 1. The second-order valence-corrected chi connectivity index (χ2v) is 5.30. The molecule has 0 saturated carbocycles. The summed E-state index contributed by atoms with van der Waals surface area (Å²) in [5.41, 5.74) is 6.38. The molecule has 1 atom stereocenters. The van der Waals surface area contributed by atoms with Crippen LogP contribution < -0.4 is 5.73 Å². The summed E-state index contributed by atoms with van der Waals surface area (Å²) in [4.78, 5) is 0. The first kappa shape index (κ1) is 13.1. The zero-order chi connectivity index (χ0) is 12.3. The quantitative estimate of drug-likeness (QED) is 0.839. The highest BCUT2D eigenvalue weighted by Gasteiger charge is 2.20. The predicted octanol–water partition coefficient (Wildman–Crippen LogP) is 3.27. The van der Waals surface area contributed by atoms with Crippen LogP contribution in [-0.2, 0) is 6.42 Å². The standard InChI is InChI=1S/C13H19F2N/c1-9(16)7-13(2,3)8-10-4-11(14)6-12(15)5-10/h4-6,9H,7-8,16H2,1-3H3. The molecule has 0 aromatic heterocycles. The van der Waals surface area contributed by atoms with Crippen LogP contribution in [0.25, 0.3) is 0 Å². The molecule has 1 aromatic rings. The summed E-state index contributed by atoms with van der Waals surface area (Å²) in [6.45, 7) is 6.05. The molecule has 0 aliphatic rings. The fraction of sp³-hybridized carbons (Fsp3) is 0.538. The number of hydrogen-bond acceptors (Lipinski definition) is 1. The molecule has 0 heterocycles. The fourth-order valence-corrected chi connectivity index (χ4v) is 2.21. The molecular weight excluding hydrogens is 208 g/mol. The molecule has 0 aliphatic heterocycles. The Morgan fingerprint density at radius 3 is 2.12 bits per heavy atom. The van der Waals surface area contributed by atoms with Gasteiger partial charge in [-0.3, -0.25) is 0 Å². The van der Waals surface area contributed by atoms with Gasteiger partial charge in [0.1, 0.15) is 11.6 Å². The first-order valence-corrected chi connectivity index (χ1v) is 5.49. The van der Waals surface area contributed by atoms with Gasteiger partial charge >= 0.3 is 0 Å². The van der Waals surface area contributed by atoms with Crippen molar-refractivity contribution in [3.63, 3.8) is 0 Å². The molecule has 1 nitrogen and oxygen atoms in total. The van der Waals surface area contributed by atoms with Gasteiger partial charge < -0.3 is 5.73 Å². The molecule has 0 fully saturated rings. The van der Waals surface area contributed by atoms with Crippen molar-refractivity contribution in [3.05, 3.63) is 35.4 Å². The summed E-state index contributed by atoms with van der Waals surface area (Å²) in [6.07, 6.45) is 1.45. The van der Waals surface area contributed by atoms with Crippen LogP contribution in [0.4, 0.5) is 8.78 Å². The van der Waals surface area contributed by atoms with Gasteiger partial charge in [0.25, 0.3) is 0 Å². The maximum atomic E-state index is 13.0. The van der Waals surface area contributed by atoms with E-state index >= 15 is 0 Å². The van der Waals surface area contributed by atoms with Crippen molar-refractivity contribution in [2.75, 3.05) is 0 Å². The average molecular weight is 227 g/mol. The van der Waals surface area contributed by atoms with E-state index in [1.54, 1.807) is 0 Å². The van der Waals surface area contributed by atoms with Crippen LogP contribution in [0.3, 0.4) is 0 Å². The van der Waals surface area contributed by atoms with Crippen LogP contribution in [0.5, 0.6) is 0 Å². The highest BCUT2D eigenvalue weighted by molar-refractivity contribution is 5.19. The summed E-state index contributed by atoms with van der Waals surface area (Å²) in [5.74, 6) is -1.04. The van der Waals surface area contributed by atoms with E-state index in [0.29, 0.717) is 12.0 Å². The lowest BCUT2D eigenvalue weighted by atomic mass is 9.80. The third kappa shape index (κ3) is 4.27. The Bertz CT molecular complexity index is 339. The van der Waals surface area contributed by atoms with Gasteiger partial charge in [-0.25, -0.2) is 8.78 Å². The van der Waals surface area contributed by atoms with E-state index in [4.69, 9.17) is 5.73 Å². The minimum absolute atomic E-state index is 0.0472. The van der Waals surface area contributed by atoms with Crippen LogP contribution in [0.15, 0.2) is 18.2 Å². The smallest absolute Gasteiger partial charge is 0.126 e. The van der Waals surface area contributed by atoms with E-state index in [0.717, 1.165) is 12.5 Å². The van der Waals surface area contributed by atoms with Crippen molar-refractivity contribution >= 4 is 0 Å². The zero-order valence-electron chi connectivity index (χ0n) is 10.1. The SMILES string of the molecule is CC(N)CC(C)(C)Cc1cc(F)cc(F)c1. The maximum absolute atomic E-state index is 13.0. The van der Waals surface area contributed by atoms with Crippen molar-refractivity contribution in [1.82, 2.24) is 0 Å². The van der Waals surface area contributed by atoms with Gasteiger partial charge in [0, 0.05) is 12.1 Å². The third-order valence-electron chi connectivity index (χ3n) is 2.48. The van der Waals surface area contributed by atoms with Gasteiger partial charge in [0.05, 0.1) is 0 Å². The molecule has 0 bridgehead atoms. The molecular formula is C13H19F2N. The van der Waals surface area contributed by atoms with E-state index in [9.17, 15) is 8.78 Å². The summed E-state index contributed by atoms with van der Waals surface area (Å²) >= 11 is 0. The molecule has 0 saturated heterocycles. The Morgan fingerprint density at radius 1 is 1.19 bits per heavy atom. The Kier molecular flexibility index (Phi) is 4.03. The molecule has 1 rings (SSSR count). The maximum Gasteiger partial charge on any atom is 0.126 e. The lowest BCUT2D eigenvalue weighted by Gasteiger charge is -2.26. The van der Waals surface area contributed by atoms with Gasteiger partial charge in [-0.05, 0) is 42.9 Å². The molecule has 0 radical (unpaired) electrons. The Morgan fingerprint density at radius 2 is 1.69 bits per heavy atom. The van der Waals surface area contributed by atoms with E-state index in [1.165, 1.54) is 12.1 Å². The number of nitrogens with two attached hydrogens (primary N) is 1. The molecule has 1 aromatic carbocycles. The lowest BCUT2D eigenvalue weighted by molar-refractivity contribution is 0.308. The van der Waals surface area contributed by atoms with Crippen LogP contribution in [0.2, 0.25) is 0 Å². The average Bonchev–Trinajstić information content (AvgIpc) is 1.95. The summed E-state index contributed by atoms with van der Waals surface area (Å²) < 4.78 is 26.0. The minimum Gasteiger partial charge on any atom is -0.328 e. The predicted molar refractivity (Wildman–Crippen MR) is 62.1 cm³/mol. The monoisotopic (exact) mass is 227 g/mol. The van der Waals surface area contributed by atoms with Crippen molar-refractivity contribution in [2.45, 2.75) is 39.7 Å². The van der Waals surface area contributed by atoms with Gasteiger partial charge in [-0.15, -0.1) is 0 Å². The van der Waals surface area contributed by atoms with Crippen molar-refractivity contribution < 1.29 is 8.78 Å². The number of rotatable bonds is 4. The van der Waals surface area contributed by atoms with E-state index in [-0.39, 0.29) is 11.5 Å². The molecule has 16 heavy (non-hydrogen) atoms. The van der Waals surface area contributed by atoms with Gasteiger partial charge in [-0.2, -0.15) is 0 Å². The largest absolute Gasteiger partial charge is 0.328 e. The summed E-state index contributed by atoms with van der Waals surface area (Å²) in [7, 11) is 0. The van der Waals surface area contributed by atoms with Crippen LogP contribution in [0, 0.1) is 17.0 Å². The highest BCUT2D eigenvalue weighted by Crippen LogP contribution is 2.27. The Hall–Kier alpha value is -0.960. The van der Waals surface area contributed by atoms with E-state index in [1.807, 2.05) is 6.92 Å². The van der Waals surface area contributed by atoms with E-state index < -0.39 is 11.6 Å². The fourth-order valence-electron chi connectivity index (χ4n) is 2.21. The highest BCUT2D eigenvalue weighted by atomic mass is 19.1. The molecule has 90 valence electrons. The lowest BCUT2D eigenvalue weighted by Crippen LogP contribution is -2.26. The first-order chi connectivity index (χ1) is 7.28. The zero-order valence-corrected chi connectivity index (χ0v) is 10.1. The van der Waals surface area contributed by atoms with Crippen molar-refractivity contribution in [3.8, 4) is 0 Å². The molecule has 1 unspecified atom stereocenters. The van der Waals surface area contributed by atoms with Gasteiger partial charge in [-0.1, -0.05) is 13.8 Å². The van der Waals surface area contributed by atoms with Crippen LogP contribution in [-0.4, -0.2) is 6.04 Å². The van der Waals surface area contributed by atoms with E-state index in [2.05, 4.69) is 13.8 Å². The van der Waals surface area contributed by atoms with Gasteiger partial charge in [0.15, 0.2) is 0 Å². The molecule has 0 amide bonds. The van der Waals surface area contributed by atoms with Crippen molar-refractivity contribution in [2.24, 2.45) is 11.1 Å². The summed E-state index contributed by atoms with van der Waals surface area (Å²) in [5, 5.41) is 0. The number of halogens is 2. The van der Waals surface area contributed by atoms with Gasteiger partial charge in [0.2, 0.25) is 0 Å². The molecule has 3 heteroatoms. The normalized spacial score (nSPS) is 13.9. The topological polar surface area (TPSA) is 26.0 Å². The molecule has 0 aliphatic carbocycles. The second-order valence-electron chi connectivity index (χ2n) is 5.30. The second kappa shape index (κ2) is 4.91. The molecule has 2 N–H and O–H groups in total. The minimum atomic E-state index is -0.522.